The van der Waals surface area contributed by atoms with E-state index in [1.54, 1.807) is 37.4 Å². The van der Waals surface area contributed by atoms with Crippen LogP contribution in [0.4, 0.5) is 17.6 Å². The van der Waals surface area contributed by atoms with Crippen molar-refractivity contribution in [3.05, 3.63) is 110 Å². The van der Waals surface area contributed by atoms with Gasteiger partial charge in [0, 0.05) is 61.8 Å². The van der Waals surface area contributed by atoms with Crippen LogP contribution in [-0.2, 0) is 48.0 Å². The molecule has 0 aliphatic carbocycles. The number of hydrogen-bond acceptors (Lipinski definition) is 17. The van der Waals surface area contributed by atoms with E-state index in [-0.39, 0.29) is 84.1 Å². The Balaban J connectivity index is 0.000000370. The number of anilines is 3. The van der Waals surface area contributed by atoms with E-state index in [1.807, 2.05) is 24.3 Å². The van der Waals surface area contributed by atoms with Crippen LogP contribution in [0.5, 0.6) is 0 Å². The maximum Gasteiger partial charge on any atom is 0.306 e. The van der Waals surface area contributed by atoms with Gasteiger partial charge in [0.2, 0.25) is 17.8 Å². The lowest BCUT2D eigenvalue weighted by Crippen LogP contribution is -2.27. The lowest BCUT2D eigenvalue weighted by atomic mass is 9.92. The van der Waals surface area contributed by atoms with Crippen molar-refractivity contribution in [2.75, 3.05) is 63.0 Å². The van der Waals surface area contributed by atoms with E-state index >= 15 is 0 Å². The van der Waals surface area contributed by atoms with Gasteiger partial charge in [0.15, 0.2) is 22.7 Å². The summed E-state index contributed by atoms with van der Waals surface area (Å²) in [6.07, 6.45) is 6.79. The molecule has 0 unspecified atom stereocenters. The van der Waals surface area contributed by atoms with Crippen molar-refractivity contribution in [3.8, 4) is 0 Å². The molecule has 1 amide bonds. The van der Waals surface area contributed by atoms with Crippen LogP contribution in [0.2, 0.25) is 0 Å². The van der Waals surface area contributed by atoms with Crippen LogP contribution in [0.15, 0.2) is 70.5 Å². The zero-order valence-corrected chi connectivity index (χ0v) is 41.4. The maximum atomic E-state index is 12.9. The maximum absolute atomic E-state index is 12.9. The number of carboxylic acid groups (broad SMARTS) is 1. The van der Waals surface area contributed by atoms with Crippen molar-refractivity contribution in [2.45, 2.75) is 85.1 Å². The first-order valence-electron chi connectivity index (χ1n) is 24.1. The van der Waals surface area contributed by atoms with E-state index in [0.29, 0.717) is 105 Å². The number of fused-ring (bicyclic) bond motifs is 2. The number of carboxylic acids is 1. The van der Waals surface area contributed by atoms with Crippen LogP contribution in [0.1, 0.15) is 103 Å². The predicted molar refractivity (Wildman–Crippen MR) is 274 cm³/mol. The molecule has 0 aliphatic heterocycles. The van der Waals surface area contributed by atoms with Crippen LogP contribution in [0, 0.1) is 11.8 Å². The molecule has 4 aromatic heterocycles. The summed E-state index contributed by atoms with van der Waals surface area (Å²) >= 11 is 0. The monoisotopic (exact) mass is 1010 g/mol. The van der Waals surface area contributed by atoms with Gasteiger partial charge in [0.05, 0.1) is 62.8 Å². The zero-order chi connectivity index (χ0) is 52.7. The van der Waals surface area contributed by atoms with Crippen LogP contribution in [0.25, 0.3) is 22.2 Å². The highest BCUT2D eigenvalue weighted by Crippen LogP contribution is 2.20. The minimum atomic E-state index is -1.12. The minimum Gasteiger partial charge on any atom is -0.481 e. The fourth-order valence-electron chi connectivity index (χ4n) is 7.32. The second-order valence-electron chi connectivity index (χ2n) is 17.6. The number of aryl methyl sites for hydroxylation is 2. The quantitative estimate of drug-likeness (QED) is 0.0223. The number of carbonyl (C=O) groups excluding carboxylic acids is 4. The van der Waals surface area contributed by atoms with Crippen LogP contribution < -0.4 is 33.2 Å². The molecule has 10 N–H and O–H groups in total. The molecule has 0 fully saturated rings. The van der Waals surface area contributed by atoms with Crippen molar-refractivity contribution >= 4 is 69.0 Å². The Morgan fingerprint density at radius 1 is 0.753 bits per heavy atom. The summed E-state index contributed by atoms with van der Waals surface area (Å²) in [6, 6.07) is 14.1. The summed E-state index contributed by atoms with van der Waals surface area (Å²) in [6.45, 7) is 8.79. The molecule has 0 bridgehead atoms. The lowest BCUT2D eigenvalue weighted by molar-refractivity contribution is -0.142. The molecule has 0 radical (unpaired) electrons. The number of nitrogen functional groups attached to an aromatic ring is 2. The average Bonchev–Trinajstić information content (AvgIpc) is 3.78. The number of Topliss-reactive ketones (excluding diaryl/α,β-unsaturated/α-hetero) is 3. The van der Waals surface area contributed by atoms with E-state index in [1.165, 1.54) is 6.20 Å². The number of H-pyrrole nitrogens is 3. The smallest absolute Gasteiger partial charge is 0.306 e. The molecule has 1 atom stereocenters. The summed E-state index contributed by atoms with van der Waals surface area (Å²) in [5, 5.41) is 16.2. The summed E-state index contributed by atoms with van der Waals surface area (Å²) in [5.41, 5.74) is 15.3. The van der Waals surface area contributed by atoms with Crippen LogP contribution in [0.3, 0.4) is 0 Å². The number of nitrogens with two attached hydrogens (primary N) is 2. The summed E-state index contributed by atoms with van der Waals surface area (Å²) in [7, 11) is 0. The van der Waals surface area contributed by atoms with E-state index in [9.17, 15) is 38.7 Å². The first-order valence-corrected chi connectivity index (χ1v) is 24.1. The van der Waals surface area contributed by atoms with Gasteiger partial charge in [-0.1, -0.05) is 38.1 Å². The number of carbonyl (C=O) groups is 5. The number of hydrogen-bond donors (Lipinski definition) is 8. The number of amides is 1. The largest absolute Gasteiger partial charge is 0.481 e. The van der Waals surface area contributed by atoms with Crippen LogP contribution in [-0.4, -0.2) is 115 Å². The zero-order valence-electron chi connectivity index (χ0n) is 41.4. The Labute approximate surface area is 420 Å². The van der Waals surface area contributed by atoms with E-state index in [4.69, 9.17) is 25.7 Å². The Morgan fingerprint density at radius 2 is 1.41 bits per heavy atom. The number of benzene rings is 2. The Kier molecular flexibility index (Phi) is 22.3. The molecule has 4 heterocycles. The molecule has 22 heteroatoms. The highest BCUT2D eigenvalue weighted by atomic mass is 16.5. The third kappa shape index (κ3) is 19.1. The number of rotatable bonds is 30. The highest BCUT2D eigenvalue weighted by molar-refractivity contribution is 5.98. The van der Waals surface area contributed by atoms with Gasteiger partial charge in [0.1, 0.15) is 11.4 Å². The molecule has 0 saturated heterocycles. The van der Waals surface area contributed by atoms with Crippen LogP contribution >= 0.6 is 0 Å². The molecule has 2 aromatic carbocycles. The molecule has 0 saturated carbocycles. The molecule has 22 nitrogen and oxygen atoms in total. The molecule has 0 spiro atoms. The number of aromatic amines is 3. The number of nitrogens with one attached hydrogen (secondary N) is 5. The van der Waals surface area contributed by atoms with Crippen molar-refractivity contribution in [3.63, 3.8) is 0 Å². The first-order chi connectivity index (χ1) is 35.1. The first kappa shape index (κ1) is 56.2. The fraction of sp³-hybridized carbons (Fsp3) is 0.431. The van der Waals surface area contributed by atoms with E-state index in [2.05, 4.69) is 59.4 Å². The standard InChI is InChI=1S/C35H49N7O9.C16H16N4O2/c1-23(2)5-12-30(45)37-13-15-50-17-19-51-18-16-49-14-3-4-28(43)11-8-25(34(47)48)20-29(44)24-6-9-26(10-7-24)38-21-27-22-39-32-31(40-27)33(46)42-35(36)41-32;1-9(21)11-5-2-10(3-6-11)4-7-12-8-18-14-13(12)15(22)20-16(17)19-14/h6-7,9-10,22-23,25,38H,3-5,8,11-21H2,1-2H3,(H,37,45)(H,47,48)(H3,36,39,41,42,46);2-3,5-6,8H,4,7H2,1H3,(H4,17,18,19,20,22)/t25-;/m1./s1. The molecule has 6 aromatic rings. The SMILES string of the molecule is CC(=O)c1ccc(CCc2c[nH]c3nc(N)[nH]c(=O)c23)cc1.CC(C)CCC(=O)NCCOCCOCCOCCCC(=O)CC[C@H](CC(=O)c1ccc(NCc2cnc3nc(N)[nH]c(=O)c3n2)cc1)C(=O)O. The van der Waals surface area contributed by atoms with Gasteiger partial charge in [-0.2, -0.15) is 9.97 Å². The second-order valence-corrected chi connectivity index (χ2v) is 17.6. The van der Waals surface area contributed by atoms with Gasteiger partial charge in [-0.25, -0.2) is 9.97 Å². The molecular formula is C51H65N11O11. The third-order valence-electron chi connectivity index (χ3n) is 11.4. The molecule has 73 heavy (non-hydrogen) atoms. The number of ether oxygens (including phenoxy) is 3. The van der Waals surface area contributed by atoms with E-state index in [0.717, 1.165) is 24.0 Å². The van der Waals surface area contributed by atoms with Crippen molar-refractivity contribution in [1.29, 1.82) is 0 Å². The topological polar surface area (TPSA) is 342 Å². The molecule has 6 rings (SSSR count). The van der Waals surface area contributed by atoms with Crippen molar-refractivity contribution < 1.29 is 43.3 Å². The fourth-order valence-corrected chi connectivity index (χ4v) is 7.32. The predicted octanol–water partition coefficient (Wildman–Crippen LogP) is 4.73. The summed E-state index contributed by atoms with van der Waals surface area (Å²) < 4.78 is 16.4. The van der Waals surface area contributed by atoms with Gasteiger partial charge in [0.25, 0.3) is 11.1 Å². The molecular weight excluding hydrogens is 943 g/mol. The third-order valence-corrected chi connectivity index (χ3v) is 11.4. The number of nitrogens with zero attached hydrogens (tertiary/aromatic N) is 4. The summed E-state index contributed by atoms with van der Waals surface area (Å²) in [5.74, 6) is -1.89. The number of aliphatic carboxylic acids is 1. The lowest BCUT2D eigenvalue weighted by Gasteiger charge is -2.12. The molecule has 390 valence electrons. The van der Waals surface area contributed by atoms with E-state index < -0.39 is 17.4 Å². The van der Waals surface area contributed by atoms with Crippen molar-refractivity contribution in [1.82, 2.24) is 40.2 Å². The molecule has 0 aliphatic rings. The van der Waals surface area contributed by atoms with Gasteiger partial charge in [-0.15, -0.1) is 0 Å². The highest BCUT2D eigenvalue weighted by Gasteiger charge is 2.23. The van der Waals surface area contributed by atoms with Gasteiger partial charge >= 0.3 is 5.97 Å². The average molecular weight is 1010 g/mol. The second kappa shape index (κ2) is 29.0. The number of aromatic nitrogens is 7. The number of ketones is 3. The van der Waals surface area contributed by atoms with Gasteiger partial charge in [-0.3, -0.25) is 43.5 Å². The Bertz CT molecular complexity index is 2900. The summed E-state index contributed by atoms with van der Waals surface area (Å²) in [4.78, 5) is 108. The van der Waals surface area contributed by atoms with Gasteiger partial charge < -0.3 is 46.4 Å². The Morgan fingerprint density at radius 3 is 2.10 bits per heavy atom. The Hall–Kier alpha value is -7.69. The minimum absolute atomic E-state index is 0.0341. The normalized spacial score (nSPS) is 11.6. The van der Waals surface area contributed by atoms with Gasteiger partial charge in [-0.05, 0) is 80.3 Å². The van der Waals surface area contributed by atoms with Crippen molar-refractivity contribution in [2.24, 2.45) is 11.8 Å².